The molecule has 1 saturated carbocycles. The number of ether oxygens (including phenoxy) is 1. The van der Waals surface area contributed by atoms with Gasteiger partial charge >= 0.3 is 0 Å². The van der Waals surface area contributed by atoms with Crippen molar-refractivity contribution >= 4 is 6.29 Å². The fraction of sp³-hybridized carbons (Fsp3) is 0.917. The molecule has 86 valence electrons. The second-order valence-electron chi connectivity index (χ2n) is 4.97. The topological polar surface area (TPSA) is 46.5 Å². The third-order valence-electron chi connectivity index (χ3n) is 3.92. The Balaban J connectivity index is 1.98. The van der Waals surface area contributed by atoms with E-state index in [0.29, 0.717) is 12.9 Å². The third kappa shape index (κ3) is 2.40. The molecule has 3 nitrogen and oxygen atoms in total. The Hall–Kier alpha value is -0.410. The van der Waals surface area contributed by atoms with Gasteiger partial charge in [-0.25, -0.2) is 0 Å². The van der Waals surface area contributed by atoms with Gasteiger partial charge in [-0.05, 0) is 31.6 Å². The monoisotopic (exact) mass is 212 g/mol. The number of hydrogen-bond donors (Lipinski definition) is 1. The molecule has 0 amide bonds. The van der Waals surface area contributed by atoms with Crippen molar-refractivity contribution in [3.05, 3.63) is 0 Å². The van der Waals surface area contributed by atoms with E-state index >= 15 is 0 Å². The molecule has 2 aliphatic rings. The first-order chi connectivity index (χ1) is 7.26. The van der Waals surface area contributed by atoms with Crippen molar-refractivity contribution in [2.45, 2.75) is 56.7 Å². The first kappa shape index (κ1) is 11.1. The lowest BCUT2D eigenvalue weighted by Gasteiger charge is -2.44. The van der Waals surface area contributed by atoms with Gasteiger partial charge in [-0.2, -0.15) is 0 Å². The van der Waals surface area contributed by atoms with Gasteiger partial charge in [-0.1, -0.05) is 19.3 Å². The molecule has 0 aromatic heterocycles. The summed E-state index contributed by atoms with van der Waals surface area (Å²) in [5.41, 5.74) is -0.00877. The summed E-state index contributed by atoms with van der Waals surface area (Å²) in [7, 11) is 0. The fourth-order valence-corrected chi connectivity index (χ4v) is 3.01. The van der Waals surface area contributed by atoms with Gasteiger partial charge in [-0.15, -0.1) is 0 Å². The summed E-state index contributed by atoms with van der Waals surface area (Å²) < 4.78 is 5.90. The van der Waals surface area contributed by atoms with Crippen LogP contribution in [0.5, 0.6) is 0 Å². The molecule has 2 atom stereocenters. The van der Waals surface area contributed by atoms with Crippen LogP contribution in [-0.2, 0) is 9.53 Å². The maximum absolute atomic E-state index is 10.6. The van der Waals surface area contributed by atoms with Crippen LogP contribution in [0, 0.1) is 5.92 Å². The summed E-state index contributed by atoms with van der Waals surface area (Å²) in [6.45, 7) is 0.704. The highest BCUT2D eigenvalue weighted by atomic mass is 16.5. The van der Waals surface area contributed by atoms with Crippen molar-refractivity contribution in [2.24, 2.45) is 5.92 Å². The van der Waals surface area contributed by atoms with Crippen LogP contribution < -0.4 is 0 Å². The molecule has 1 N–H and O–H groups in total. The first-order valence-corrected chi connectivity index (χ1v) is 6.03. The highest BCUT2D eigenvalue weighted by molar-refractivity contribution is 5.56. The van der Waals surface area contributed by atoms with Crippen LogP contribution in [-0.4, -0.2) is 29.7 Å². The second-order valence-corrected chi connectivity index (χ2v) is 4.97. The van der Waals surface area contributed by atoms with E-state index in [1.165, 1.54) is 19.3 Å². The number of carbonyl (C=O) groups is 1. The molecule has 0 radical (unpaired) electrons. The van der Waals surface area contributed by atoms with Crippen molar-refractivity contribution in [3.8, 4) is 0 Å². The number of aldehydes is 1. The number of carbonyl (C=O) groups excluding carboxylic acids is 1. The molecule has 1 saturated heterocycles. The molecule has 1 aliphatic heterocycles. The molecule has 2 rings (SSSR count). The Morgan fingerprint density at radius 1 is 1.33 bits per heavy atom. The van der Waals surface area contributed by atoms with Crippen LogP contribution in [0.1, 0.15) is 44.9 Å². The summed E-state index contributed by atoms with van der Waals surface area (Å²) in [5.74, 6) is 0.120. The zero-order valence-corrected chi connectivity index (χ0v) is 9.15. The normalized spacial score (nSPS) is 32.5. The maximum atomic E-state index is 10.6. The Kier molecular flexibility index (Phi) is 3.42. The Labute approximate surface area is 90.8 Å². The van der Waals surface area contributed by atoms with Gasteiger partial charge < -0.3 is 14.6 Å². The van der Waals surface area contributed by atoms with Crippen LogP contribution in [0.15, 0.2) is 0 Å². The second kappa shape index (κ2) is 4.62. The van der Waals surface area contributed by atoms with Gasteiger partial charge in [0.2, 0.25) is 0 Å². The van der Waals surface area contributed by atoms with Crippen molar-refractivity contribution in [2.75, 3.05) is 6.61 Å². The van der Waals surface area contributed by atoms with Crippen molar-refractivity contribution in [3.63, 3.8) is 0 Å². The molecule has 0 aromatic rings. The van der Waals surface area contributed by atoms with E-state index in [4.69, 9.17) is 4.74 Å². The Bertz CT molecular complexity index is 215. The van der Waals surface area contributed by atoms with Crippen LogP contribution in [0.2, 0.25) is 0 Å². The minimum Gasteiger partial charge on any atom is -0.385 e. The number of rotatable bonds is 2. The van der Waals surface area contributed by atoms with Gasteiger partial charge in [0, 0.05) is 6.61 Å². The van der Waals surface area contributed by atoms with E-state index in [1.807, 2.05) is 0 Å². The average molecular weight is 212 g/mol. The molecule has 0 bridgehead atoms. The van der Waals surface area contributed by atoms with Crippen LogP contribution in [0.25, 0.3) is 0 Å². The lowest BCUT2D eigenvalue weighted by Crippen LogP contribution is -2.44. The van der Waals surface area contributed by atoms with E-state index < -0.39 is 6.10 Å². The zero-order chi connectivity index (χ0) is 10.7. The Morgan fingerprint density at radius 3 is 2.73 bits per heavy atom. The van der Waals surface area contributed by atoms with E-state index in [9.17, 15) is 9.90 Å². The molecule has 0 aromatic carbocycles. The smallest absolute Gasteiger partial charge is 0.148 e. The first-order valence-electron chi connectivity index (χ1n) is 6.03. The van der Waals surface area contributed by atoms with Crippen molar-refractivity contribution in [1.82, 2.24) is 0 Å². The standard InChI is InChI=1S/C12H20O3/c13-9-11(14)10-4-7-15-12(8-10)5-2-1-3-6-12/h9-11,14H,1-8H2. The molecule has 3 heteroatoms. The van der Waals surface area contributed by atoms with Crippen LogP contribution in [0.4, 0.5) is 0 Å². The van der Waals surface area contributed by atoms with E-state index in [-0.39, 0.29) is 11.5 Å². The average Bonchev–Trinajstić information content (AvgIpc) is 2.29. The van der Waals surface area contributed by atoms with E-state index in [0.717, 1.165) is 25.7 Å². The van der Waals surface area contributed by atoms with Gasteiger partial charge in [0.15, 0.2) is 0 Å². The lowest BCUT2D eigenvalue weighted by molar-refractivity contribution is -0.140. The van der Waals surface area contributed by atoms with Crippen molar-refractivity contribution < 1.29 is 14.6 Å². The van der Waals surface area contributed by atoms with E-state index in [2.05, 4.69) is 0 Å². The number of aliphatic hydroxyl groups is 1. The molecule has 2 unspecified atom stereocenters. The van der Waals surface area contributed by atoms with Gasteiger partial charge in [-0.3, -0.25) is 0 Å². The highest BCUT2D eigenvalue weighted by Crippen LogP contribution is 2.41. The molecular weight excluding hydrogens is 192 g/mol. The predicted octanol–water partition coefficient (Wildman–Crippen LogP) is 1.68. The summed E-state index contributed by atoms with van der Waals surface area (Å²) in [6, 6.07) is 0. The molecule has 15 heavy (non-hydrogen) atoms. The zero-order valence-electron chi connectivity index (χ0n) is 9.15. The lowest BCUT2D eigenvalue weighted by atomic mass is 9.75. The molecule has 2 fully saturated rings. The van der Waals surface area contributed by atoms with Gasteiger partial charge in [0.1, 0.15) is 12.4 Å². The quantitative estimate of drug-likeness (QED) is 0.708. The molecule has 1 spiro atoms. The predicted molar refractivity (Wildman–Crippen MR) is 56.6 cm³/mol. The van der Waals surface area contributed by atoms with Gasteiger partial charge in [0.25, 0.3) is 0 Å². The Morgan fingerprint density at radius 2 is 2.07 bits per heavy atom. The summed E-state index contributed by atoms with van der Waals surface area (Å²) in [6.07, 6.45) is 7.54. The highest BCUT2D eigenvalue weighted by Gasteiger charge is 2.40. The summed E-state index contributed by atoms with van der Waals surface area (Å²) in [4.78, 5) is 10.6. The minimum atomic E-state index is -0.785. The largest absolute Gasteiger partial charge is 0.385 e. The molecule has 1 aliphatic carbocycles. The van der Waals surface area contributed by atoms with E-state index in [1.54, 1.807) is 0 Å². The third-order valence-corrected chi connectivity index (χ3v) is 3.92. The van der Waals surface area contributed by atoms with Crippen LogP contribution in [0.3, 0.4) is 0 Å². The van der Waals surface area contributed by atoms with Crippen LogP contribution >= 0.6 is 0 Å². The number of hydrogen-bond acceptors (Lipinski definition) is 3. The summed E-state index contributed by atoms with van der Waals surface area (Å²) in [5, 5.41) is 9.57. The fourth-order valence-electron chi connectivity index (χ4n) is 3.01. The molecule has 1 heterocycles. The summed E-state index contributed by atoms with van der Waals surface area (Å²) >= 11 is 0. The van der Waals surface area contributed by atoms with Crippen molar-refractivity contribution in [1.29, 1.82) is 0 Å². The maximum Gasteiger partial charge on any atom is 0.148 e. The molecular formula is C12H20O3. The minimum absolute atomic E-state index is 0.00877. The van der Waals surface area contributed by atoms with Gasteiger partial charge in [0.05, 0.1) is 5.60 Å². The SMILES string of the molecule is O=CC(O)C1CCOC2(CCCCC2)C1. The number of aliphatic hydroxyl groups excluding tert-OH is 1.